The SMILES string of the molecule is COc1cc(C=CC(=O)O)cc(S(=O)(=O)Nc2cccc3cn[nH]c23)c1OC. The fourth-order valence-electron chi connectivity index (χ4n) is 2.67. The van der Waals surface area contributed by atoms with Crippen molar-refractivity contribution in [2.45, 2.75) is 4.90 Å². The summed E-state index contributed by atoms with van der Waals surface area (Å²) in [4.78, 5) is 10.6. The van der Waals surface area contributed by atoms with E-state index in [2.05, 4.69) is 14.9 Å². The number of carboxylic acid groups (broad SMARTS) is 1. The maximum absolute atomic E-state index is 13.1. The number of hydrogen-bond donors (Lipinski definition) is 3. The van der Waals surface area contributed by atoms with Gasteiger partial charge in [0, 0.05) is 11.5 Å². The first kappa shape index (κ1) is 19.2. The van der Waals surface area contributed by atoms with Crippen molar-refractivity contribution in [2.24, 2.45) is 0 Å². The summed E-state index contributed by atoms with van der Waals surface area (Å²) in [6.07, 6.45) is 3.74. The van der Waals surface area contributed by atoms with E-state index in [1.54, 1.807) is 24.4 Å². The number of sulfonamides is 1. The van der Waals surface area contributed by atoms with Crippen LogP contribution in [0.3, 0.4) is 0 Å². The molecule has 0 unspecified atom stereocenters. The number of benzene rings is 2. The number of nitrogens with one attached hydrogen (secondary N) is 2. The number of hydrogen-bond acceptors (Lipinski definition) is 6. The molecular formula is C18H17N3O6S. The molecule has 0 atom stereocenters. The van der Waals surface area contributed by atoms with Gasteiger partial charge in [-0.05, 0) is 29.8 Å². The van der Waals surface area contributed by atoms with Crippen LogP contribution in [0.4, 0.5) is 5.69 Å². The fourth-order valence-corrected chi connectivity index (χ4v) is 3.96. The van der Waals surface area contributed by atoms with Crippen LogP contribution >= 0.6 is 0 Å². The highest BCUT2D eigenvalue weighted by atomic mass is 32.2. The molecule has 1 heterocycles. The number of aromatic amines is 1. The van der Waals surface area contributed by atoms with Crippen LogP contribution in [0.5, 0.6) is 11.5 Å². The molecule has 10 heteroatoms. The molecule has 2 aromatic carbocycles. The Morgan fingerprint density at radius 3 is 2.71 bits per heavy atom. The molecule has 0 spiro atoms. The van der Waals surface area contributed by atoms with Crippen LogP contribution in [0.25, 0.3) is 17.0 Å². The number of para-hydroxylation sites is 1. The molecule has 0 aliphatic rings. The zero-order valence-corrected chi connectivity index (χ0v) is 15.8. The minimum atomic E-state index is -4.10. The molecule has 0 saturated heterocycles. The number of aliphatic carboxylic acids is 1. The van der Waals surface area contributed by atoms with Gasteiger partial charge in [0.05, 0.1) is 31.6 Å². The van der Waals surface area contributed by atoms with Gasteiger partial charge in [0.2, 0.25) is 0 Å². The van der Waals surface area contributed by atoms with Crippen molar-refractivity contribution in [3.63, 3.8) is 0 Å². The molecule has 0 amide bonds. The summed E-state index contributed by atoms with van der Waals surface area (Å²) in [5.74, 6) is -1.02. The van der Waals surface area contributed by atoms with E-state index in [1.807, 2.05) is 0 Å². The average molecular weight is 403 g/mol. The van der Waals surface area contributed by atoms with Crippen molar-refractivity contribution in [2.75, 3.05) is 18.9 Å². The molecule has 0 aliphatic heterocycles. The largest absolute Gasteiger partial charge is 0.493 e. The van der Waals surface area contributed by atoms with Gasteiger partial charge in [-0.25, -0.2) is 13.2 Å². The minimum Gasteiger partial charge on any atom is -0.493 e. The number of H-pyrrole nitrogens is 1. The lowest BCUT2D eigenvalue weighted by Gasteiger charge is -2.15. The third-order valence-corrected chi connectivity index (χ3v) is 5.27. The predicted octanol–water partition coefficient (Wildman–Crippen LogP) is 2.48. The summed E-state index contributed by atoms with van der Waals surface area (Å²) in [7, 11) is -1.43. The molecule has 3 aromatic rings. The highest BCUT2D eigenvalue weighted by Crippen LogP contribution is 2.37. The van der Waals surface area contributed by atoms with Crippen LogP contribution in [-0.4, -0.2) is 43.9 Å². The normalized spacial score (nSPS) is 11.6. The lowest BCUT2D eigenvalue weighted by molar-refractivity contribution is -0.131. The standard InChI is InChI=1S/C18H17N3O6S/c1-26-14-8-11(6-7-16(22)23)9-15(18(14)27-2)28(24,25)21-13-5-3-4-12-10-19-20-17(12)13/h3-10,21H,1-2H3,(H,19,20)(H,22,23). The van der Waals surface area contributed by atoms with Crippen molar-refractivity contribution in [3.05, 3.63) is 48.2 Å². The van der Waals surface area contributed by atoms with Gasteiger partial charge in [0.1, 0.15) is 4.90 Å². The Labute approximate surface area is 160 Å². The van der Waals surface area contributed by atoms with Gasteiger partial charge >= 0.3 is 5.97 Å². The third kappa shape index (κ3) is 3.76. The summed E-state index contributed by atoms with van der Waals surface area (Å²) in [5.41, 5.74) is 1.15. The number of anilines is 1. The molecular weight excluding hydrogens is 386 g/mol. The van der Waals surface area contributed by atoms with Crippen molar-refractivity contribution in [1.29, 1.82) is 0 Å². The van der Waals surface area contributed by atoms with Gasteiger partial charge in [0.25, 0.3) is 10.0 Å². The smallest absolute Gasteiger partial charge is 0.328 e. The lowest BCUT2D eigenvalue weighted by atomic mass is 10.2. The molecule has 0 fully saturated rings. The summed E-state index contributed by atoms with van der Waals surface area (Å²) >= 11 is 0. The molecule has 0 aliphatic carbocycles. The number of ether oxygens (including phenoxy) is 2. The summed E-state index contributed by atoms with van der Waals surface area (Å²) in [6, 6.07) is 7.86. The van der Waals surface area contributed by atoms with Crippen LogP contribution in [0.15, 0.2) is 47.5 Å². The molecule has 1 aromatic heterocycles. The van der Waals surface area contributed by atoms with E-state index >= 15 is 0 Å². The molecule has 3 rings (SSSR count). The molecule has 0 bridgehead atoms. The molecule has 0 radical (unpaired) electrons. The highest BCUT2D eigenvalue weighted by molar-refractivity contribution is 7.92. The number of methoxy groups -OCH3 is 2. The molecule has 0 saturated carbocycles. The average Bonchev–Trinajstić information content (AvgIpc) is 3.15. The van der Waals surface area contributed by atoms with Crippen molar-refractivity contribution in [3.8, 4) is 11.5 Å². The van der Waals surface area contributed by atoms with Crippen LogP contribution in [0.2, 0.25) is 0 Å². The Morgan fingerprint density at radius 1 is 1.25 bits per heavy atom. The highest BCUT2D eigenvalue weighted by Gasteiger charge is 2.24. The Hall–Kier alpha value is -3.53. The zero-order chi connectivity index (χ0) is 20.3. The second kappa shape index (κ2) is 7.61. The maximum atomic E-state index is 13.1. The van der Waals surface area contributed by atoms with Gasteiger partial charge < -0.3 is 14.6 Å². The second-order valence-corrected chi connectivity index (χ2v) is 7.32. The number of fused-ring (bicyclic) bond motifs is 1. The van der Waals surface area contributed by atoms with E-state index in [-0.39, 0.29) is 16.4 Å². The Morgan fingerprint density at radius 2 is 2.04 bits per heavy atom. The minimum absolute atomic E-state index is 0.000685. The summed E-state index contributed by atoms with van der Waals surface area (Å²) < 4.78 is 39.1. The monoisotopic (exact) mass is 403 g/mol. The van der Waals surface area contributed by atoms with Gasteiger partial charge in [-0.3, -0.25) is 9.82 Å². The van der Waals surface area contributed by atoms with E-state index in [1.165, 1.54) is 32.4 Å². The predicted molar refractivity (Wildman–Crippen MR) is 103 cm³/mol. The molecule has 146 valence electrons. The van der Waals surface area contributed by atoms with E-state index in [0.29, 0.717) is 16.8 Å². The van der Waals surface area contributed by atoms with Gasteiger partial charge in [-0.2, -0.15) is 5.10 Å². The van der Waals surface area contributed by atoms with Crippen LogP contribution < -0.4 is 14.2 Å². The Balaban J connectivity index is 2.12. The first-order valence-electron chi connectivity index (χ1n) is 7.97. The van der Waals surface area contributed by atoms with E-state index in [0.717, 1.165) is 11.5 Å². The fraction of sp³-hybridized carbons (Fsp3) is 0.111. The Bertz CT molecular complexity index is 1170. The number of nitrogens with zero attached hydrogens (tertiary/aromatic N) is 1. The van der Waals surface area contributed by atoms with E-state index < -0.39 is 16.0 Å². The maximum Gasteiger partial charge on any atom is 0.328 e. The van der Waals surface area contributed by atoms with Gasteiger partial charge in [-0.1, -0.05) is 12.1 Å². The first-order valence-corrected chi connectivity index (χ1v) is 9.46. The molecule has 9 nitrogen and oxygen atoms in total. The van der Waals surface area contributed by atoms with Crippen molar-refractivity contribution in [1.82, 2.24) is 10.2 Å². The molecule has 28 heavy (non-hydrogen) atoms. The van der Waals surface area contributed by atoms with Crippen LogP contribution in [0.1, 0.15) is 5.56 Å². The topological polar surface area (TPSA) is 131 Å². The first-order chi connectivity index (χ1) is 13.4. The second-order valence-electron chi connectivity index (χ2n) is 5.67. The van der Waals surface area contributed by atoms with Crippen molar-refractivity contribution < 1.29 is 27.8 Å². The quantitative estimate of drug-likeness (QED) is 0.517. The van der Waals surface area contributed by atoms with Crippen molar-refractivity contribution >= 4 is 38.7 Å². The molecule has 3 N–H and O–H groups in total. The van der Waals surface area contributed by atoms with E-state index in [9.17, 15) is 13.2 Å². The number of rotatable bonds is 7. The van der Waals surface area contributed by atoms with Crippen LogP contribution in [0, 0.1) is 0 Å². The van der Waals surface area contributed by atoms with E-state index in [4.69, 9.17) is 14.6 Å². The summed E-state index contributed by atoms with van der Waals surface area (Å²) in [6.45, 7) is 0. The lowest BCUT2D eigenvalue weighted by Crippen LogP contribution is -2.15. The number of carbonyl (C=O) groups is 1. The zero-order valence-electron chi connectivity index (χ0n) is 15.0. The number of aromatic nitrogens is 2. The van der Waals surface area contributed by atoms with Gasteiger partial charge in [-0.15, -0.1) is 0 Å². The summed E-state index contributed by atoms with van der Waals surface area (Å²) in [5, 5.41) is 16.2. The third-order valence-electron chi connectivity index (χ3n) is 3.90. The Kier molecular flexibility index (Phi) is 5.23. The number of carboxylic acids is 1. The van der Waals surface area contributed by atoms with Crippen LogP contribution in [-0.2, 0) is 14.8 Å². The van der Waals surface area contributed by atoms with Gasteiger partial charge in [0.15, 0.2) is 11.5 Å².